The summed E-state index contributed by atoms with van der Waals surface area (Å²) in [6, 6.07) is 20.3. The minimum Gasteiger partial charge on any atom is -0.452 e. The van der Waals surface area contributed by atoms with Crippen molar-refractivity contribution in [2.24, 2.45) is 0 Å². The lowest BCUT2D eigenvalue weighted by molar-refractivity contribution is -0.136. The number of esters is 1. The number of benzene rings is 2. The van der Waals surface area contributed by atoms with E-state index < -0.39 is 5.97 Å². The Balaban J connectivity index is 1.23. The van der Waals surface area contributed by atoms with Crippen molar-refractivity contribution < 1.29 is 19.1 Å². The summed E-state index contributed by atoms with van der Waals surface area (Å²) in [6.45, 7) is 3.32. The predicted molar refractivity (Wildman–Crippen MR) is 127 cm³/mol. The number of rotatable bonds is 7. The van der Waals surface area contributed by atoms with E-state index in [4.69, 9.17) is 4.74 Å². The van der Waals surface area contributed by atoms with E-state index in [-0.39, 0.29) is 24.0 Å². The van der Waals surface area contributed by atoms with Crippen molar-refractivity contribution in [1.29, 1.82) is 0 Å². The second-order valence-corrected chi connectivity index (χ2v) is 8.68. The summed E-state index contributed by atoms with van der Waals surface area (Å²) < 4.78 is 5.24. The van der Waals surface area contributed by atoms with E-state index in [1.54, 1.807) is 41.3 Å². The molecular formula is C25H25N3O4S. The lowest BCUT2D eigenvalue weighted by Crippen LogP contribution is -2.49. The van der Waals surface area contributed by atoms with E-state index >= 15 is 0 Å². The Labute approximate surface area is 196 Å². The van der Waals surface area contributed by atoms with Gasteiger partial charge in [0.15, 0.2) is 6.61 Å². The molecule has 2 aromatic carbocycles. The molecule has 4 rings (SSSR count). The number of ether oxygens (including phenoxy) is 1. The van der Waals surface area contributed by atoms with Gasteiger partial charge in [0.1, 0.15) is 0 Å². The summed E-state index contributed by atoms with van der Waals surface area (Å²) in [5.41, 5.74) is 2.02. The Morgan fingerprint density at radius 1 is 0.909 bits per heavy atom. The standard InChI is InChI=1S/C25H25N3O4S/c29-23(28-13-11-27(12-14-28)17-19-6-2-1-3-7-19)18-32-25(31)20-8-4-9-21(16-20)26-24(30)22-10-5-15-33-22/h1-10,15-16H,11-14,17-18H2,(H,26,30). The summed E-state index contributed by atoms with van der Waals surface area (Å²) in [4.78, 5) is 41.8. The predicted octanol–water partition coefficient (Wildman–Crippen LogP) is 3.50. The number of piperazine rings is 1. The molecule has 0 unspecified atom stereocenters. The minimum atomic E-state index is -0.599. The van der Waals surface area contributed by atoms with Crippen LogP contribution in [0.2, 0.25) is 0 Å². The van der Waals surface area contributed by atoms with Gasteiger partial charge in [-0.25, -0.2) is 4.79 Å². The summed E-state index contributed by atoms with van der Waals surface area (Å²) in [7, 11) is 0. The van der Waals surface area contributed by atoms with Crippen molar-refractivity contribution >= 4 is 34.8 Å². The number of thiophene rings is 1. The average Bonchev–Trinajstić information content (AvgIpc) is 3.39. The zero-order chi connectivity index (χ0) is 23.0. The van der Waals surface area contributed by atoms with E-state index in [9.17, 15) is 14.4 Å². The van der Waals surface area contributed by atoms with Gasteiger partial charge in [0.05, 0.1) is 10.4 Å². The van der Waals surface area contributed by atoms with Crippen LogP contribution in [0.5, 0.6) is 0 Å². The van der Waals surface area contributed by atoms with Gasteiger partial charge >= 0.3 is 5.97 Å². The highest BCUT2D eigenvalue weighted by atomic mass is 32.1. The third-order valence-electron chi connectivity index (χ3n) is 5.40. The van der Waals surface area contributed by atoms with Crippen molar-refractivity contribution in [3.05, 3.63) is 88.1 Å². The maximum Gasteiger partial charge on any atom is 0.338 e. The number of carbonyl (C=O) groups is 3. The molecule has 1 saturated heterocycles. The van der Waals surface area contributed by atoms with E-state index in [0.29, 0.717) is 23.7 Å². The van der Waals surface area contributed by atoms with E-state index in [0.717, 1.165) is 19.6 Å². The third-order valence-corrected chi connectivity index (χ3v) is 6.27. The molecule has 1 aliphatic rings. The molecule has 1 aromatic heterocycles. The lowest BCUT2D eigenvalue weighted by Gasteiger charge is -2.34. The Morgan fingerprint density at radius 2 is 1.70 bits per heavy atom. The highest BCUT2D eigenvalue weighted by molar-refractivity contribution is 7.12. The van der Waals surface area contributed by atoms with Crippen LogP contribution in [0.15, 0.2) is 72.1 Å². The first-order valence-corrected chi connectivity index (χ1v) is 11.6. The largest absolute Gasteiger partial charge is 0.452 e. The molecule has 1 N–H and O–H groups in total. The zero-order valence-corrected chi connectivity index (χ0v) is 18.9. The molecule has 2 amide bonds. The number of carbonyl (C=O) groups excluding carboxylic acids is 3. The first-order valence-electron chi connectivity index (χ1n) is 10.7. The number of nitrogens with zero attached hydrogens (tertiary/aromatic N) is 2. The van der Waals surface area contributed by atoms with Gasteiger partial charge in [-0.3, -0.25) is 14.5 Å². The van der Waals surface area contributed by atoms with Crippen LogP contribution in [0.1, 0.15) is 25.6 Å². The molecule has 8 heteroatoms. The Bertz CT molecular complexity index is 1090. The fourth-order valence-electron chi connectivity index (χ4n) is 3.62. The number of amides is 2. The molecule has 7 nitrogen and oxygen atoms in total. The van der Waals surface area contributed by atoms with Crippen LogP contribution < -0.4 is 5.32 Å². The topological polar surface area (TPSA) is 79.0 Å². The number of nitrogens with one attached hydrogen (secondary N) is 1. The van der Waals surface area contributed by atoms with Crippen LogP contribution in [0, 0.1) is 0 Å². The Morgan fingerprint density at radius 3 is 2.42 bits per heavy atom. The number of hydrogen-bond donors (Lipinski definition) is 1. The van der Waals surface area contributed by atoms with Gasteiger partial charge in [0, 0.05) is 38.4 Å². The molecule has 0 aliphatic carbocycles. The molecule has 3 aromatic rings. The summed E-state index contributed by atoms with van der Waals surface area (Å²) in [5, 5.41) is 4.58. The van der Waals surface area contributed by atoms with Crippen LogP contribution in [-0.4, -0.2) is 60.4 Å². The molecular weight excluding hydrogens is 438 g/mol. The molecule has 33 heavy (non-hydrogen) atoms. The summed E-state index contributed by atoms with van der Waals surface area (Å²) >= 11 is 1.34. The van der Waals surface area contributed by atoms with Gasteiger partial charge < -0.3 is 15.0 Å². The third kappa shape index (κ3) is 6.27. The maximum absolute atomic E-state index is 12.5. The van der Waals surface area contributed by atoms with Crippen molar-refractivity contribution in [3.63, 3.8) is 0 Å². The van der Waals surface area contributed by atoms with E-state index in [1.165, 1.54) is 16.9 Å². The first kappa shape index (κ1) is 22.7. The molecule has 0 bridgehead atoms. The molecule has 0 atom stereocenters. The second kappa shape index (κ2) is 10.9. The molecule has 0 spiro atoms. The lowest BCUT2D eigenvalue weighted by atomic mass is 10.2. The first-order chi connectivity index (χ1) is 16.1. The molecule has 2 heterocycles. The smallest absolute Gasteiger partial charge is 0.338 e. The van der Waals surface area contributed by atoms with Gasteiger partial charge in [-0.2, -0.15) is 0 Å². The van der Waals surface area contributed by atoms with Gasteiger partial charge in [-0.05, 0) is 35.2 Å². The Kier molecular flexibility index (Phi) is 7.49. The molecule has 0 radical (unpaired) electrons. The SMILES string of the molecule is O=C(OCC(=O)N1CCN(Cc2ccccc2)CC1)c1cccc(NC(=O)c2cccs2)c1. The van der Waals surface area contributed by atoms with E-state index in [2.05, 4.69) is 22.3 Å². The molecule has 1 fully saturated rings. The fraction of sp³-hybridized carbons (Fsp3) is 0.240. The van der Waals surface area contributed by atoms with Gasteiger partial charge in [-0.1, -0.05) is 42.5 Å². The van der Waals surface area contributed by atoms with Crippen molar-refractivity contribution in [2.75, 3.05) is 38.1 Å². The van der Waals surface area contributed by atoms with Crippen LogP contribution in [-0.2, 0) is 16.1 Å². The highest BCUT2D eigenvalue weighted by Gasteiger charge is 2.22. The zero-order valence-electron chi connectivity index (χ0n) is 18.1. The summed E-state index contributed by atoms with van der Waals surface area (Å²) in [5.74, 6) is -1.04. The number of anilines is 1. The normalized spacial score (nSPS) is 14.0. The van der Waals surface area contributed by atoms with Crippen LogP contribution in [0.3, 0.4) is 0 Å². The number of hydrogen-bond acceptors (Lipinski definition) is 6. The second-order valence-electron chi connectivity index (χ2n) is 7.73. The maximum atomic E-state index is 12.5. The van der Waals surface area contributed by atoms with Crippen LogP contribution in [0.25, 0.3) is 0 Å². The quantitative estimate of drug-likeness (QED) is 0.543. The van der Waals surface area contributed by atoms with Gasteiger partial charge in [0.25, 0.3) is 11.8 Å². The molecule has 0 saturated carbocycles. The van der Waals surface area contributed by atoms with Crippen molar-refractivity contribution in [1.82, 2.24) is 9.80 Å². The van der Waals surface area contributed by atoms with Gasteiger partial charge in [-0.15, -0.1) is 11.3 Å². The Hall–Kier alpha value is -3.49. The van der Waals surface area contributed by atoms with Crippen molar-refractivity contribution in [3.8, 4) is 0 Å². The monoisotopic (exact) mass is 463 g/mol. The van der Waals surface area contributed by atoms with Crippen molar-refractivity contribution in [2.45, 2.75) is 6.54 Å². The molecule has 1 aliphatic heterocycles. The summed E-state index contributed by atoms with van der Waals surface area (Å²) in [6.07, 6.45) is 0. The van der Waals surface area contributed by atoms with Gasteiger partial charge in [0.2, 0.25) is 0 Å². The highest BCUT2D eigenvalue weighted by Crippen LogP contribution is 2.16. The fourth-order valence-corrected chi connectivity index (χ4v) is 4.24. The van der Waals surface area contributed by atoms with Crippen LogP contribution >= 0.6 is 11.3 Å². The minimum absolute atomic E-state index is 0.204. The van der Waals surface area contributed by atoms with Crippen LogP contribution in [0.4, 0.5) is 5.69 Å². The molecule has 170 valence electrons. The van der Waals surface area contributed by atoms with E-state index in [1.807, 2.05) is 23.6 Å². The average molecular weight is 464 g/mol.